The van der Waals surface area contributed by atoms with E-state index in [-0.39, 0.29) is 24.8 Å². The minimum atomic E-state index is -3.23. The van der Waals surface area contributed by atoms with Gasteiger partial charge in [0.2, 0.25) is 0 Å². The number of halogens is 2. The van der Waals surface area contributed by atoms with Crippen molar-refractivity contribution in [1.82, 2.24) is 0 Å². The van der Waals surface area contributed by atoms with Crippen LogP contribution in [0.1, 0.15) is 6.42 Å². The molecule has 2 rings (SSSR count). The molecule has 1 aromatic rings. The predicted octanol–water partition coefficient (Wildman–Crippen LogP) is -1.39. The Morgan fingerprint density at radius 1 is 1.12 bits per heavy atom. The van der Waals surface area contributed by atoms with Crippen LogP contribution in [-0.2, 0) is 17.3 Å². The molecule has 0 radical (unpaired) electrons. The van der Waals surface area contributed by atoms with Gasteiger partial charge in [0.25, 0.3) is 0 Å². The topological polar surface area (TPSA) is 0 Å². The molecule has 1 atom stereocenters. The quantitative estimate of drug-likeness (QED) is 0.602. The standard InChI is InChI=1S/C5H5.C4H4P.4CH3.2ClH.Zr/c2*1-2-4-5-3-1;;;;;;;/h1-3H,4H2;1-3,5H;4*1H3;2*1H;/q;;;;;;;;+2/p-2. The smallest absolute Gasteiger partial charge is 1.00 e. The van der Waals surface area contributed by atoms with E-state index in [9.17, 15) is 0 Å². The number of hydrogen-bond donors (Lipinski definition) is 0. The van der Waals surface area contributed by atoms with E-state index in [0.717, 1.165) is 8.19 Å². The molecule has 0 spiro atoms. The molecule has 0 N–H and O–H groups in total. The first-order chi connectivity index (χ1) is 6.74. The molecule has 17 heavy (non-hydrogen) atoms. The summed E-state index contributed by atoms with van der Waals surface area (Å²) in [5.41, 5.74) is 0. The number of allylic oxidation sites excluding steroid dienone is 4. The Morgan fingerprint density at radius 2 is 1.76 bits per heavy atom. The zero-order chi connectivity index (χ0) is 11.2. The van der Waals surface area contributed by atoms with Gasteiger partial charge in [-0.2, -0.15) is 0 Å². The third kappa shape index (κ3) is 3.01. The molecule has 0 aromatic carbocycles. The van der Waals surface area contributed by atoms with Crippen molar-refractivity contribution < 1.29 is 42.1 Å². The molecular weight excluding hydrogens is 349 g/mol. The van der Waals surface area contributed by atoms with Gasteiger partial charge in [-0.3, -0.25) is 0 Å². The summed E-state index contributed by atoms with van der Waals surface area (Å²) in [7, 11) is 0.922. The average molecular weight is 370 g/mol. The average Bonchev–Trinajstić information content (AvgIpc) is 2.77. The third-order valence-electron chi connectivity index (χ3n) is 4.03. The Balaban J connectivity index is 0.00000128. The van der Waals surface area contributed by atoms with Crippen LogP contribution < -0.4 is 27.8 Å². The second-order valence-electron chi connectivity index (χ2n) is 7.53. The van der Waals surface area contributed by atoms with Gasteiger partial charge in [-0.15, -0.1) is 0 Å². The van der Waals surface area contributed by atoms with Crippen LogP contribution in [0.4, 0.5) is 0 Å². The molecule has 1 unspecified atom stereocenters. The minimum Gasteiger partial charge on any atom is -1.00 e. The van der Waals surface area contributed by atoms with Gasteiger partial charge in [0.1, 0.15) is 0 Å². The van der Waals surface area contributed by atoms with Crippen molar-refractivity contribution in [2.45, 2.75) is 24.9 Å². The van der Waals surface area contributed by atoms with E-state index in [1.165, 1.54) is 6.42 Å². The van der Waals surface area contributed by atoms with Gasteiger partial charge in [-0.1, -0.05) is 0 Å². The van der Waals surface area contributed by atoms with E-state index in [1.54, 1.807) is 6.28 Å². The number of rotatable bonds is 2. The minimum absolute atomic E-state index is 0. The molecule has 96 valence electrons. The number of hydrogen-bond acceptors (Lipinski definition) is 0. The summed E-state index contributed by atoms with van der Waals surface area (Å²) in [4.78, 5) is 0. The molecular formula is C13H21Cl2PZr. The van der Waals surface area contributed by atoms with Crippen LogP contribution in [0.3, 0.4) is 0 Å². The Hall–Kier alpha value is 0.723. The maximum absolute atomic E-state index is 3.23. The fourth-order valence-corrected chi connectivity index (χ4v) is 17.6. The second kappa shape index (κ2) is 4.68. The summed E-state index contributed by atoms with van der Waals surface area (Å²) in [6.07, 6.45) is 8.09. The van der Waals surface area contributed by atoms with E-state index in [2.05, 4.69) is 54.7 Å². The SMILES string of the molecule is [CH3][Zr+2]([CH3])([CH3])([CH3])([C]1=CC=CC1)[c]1ccc[pH]1.[Cl-].[Cl-]. The van der Waals surface area contributed by atoms with Crippen LogP contribution in [0.15, 0.2) is 39.4 Å². The zero-order valence-corrected chi connectivity index (χ0v) is 15.9. The third-order valence-corrected chi connectivity index (χ3v) is 27.0. The molecule has 1 aromatic heterocycles. The Labute approximate surface area is 117 Å². The van der Waals surface area contributed by atoms with E-state index < -0.39 is 17.3 Å². The van der Waals surface area contributed by atoms with E-state index >= 15 is 0 Å². The van der Waals surface area contributed by atoms with Crippen LogP contribution in [0, 0.1) is 0 Å². The molecule has 0 fully saturated rings. The summed E-state index contributed by atoms with van der Waals surface area (Å²) in [5.74, 6) is 2.32. The molecule has 0 saturated heterocycles. The molecule has 0 saturated carbocycles. The Kier molecular flexibility index (Phi) is 4.88. The van der Waals surface area contributed by atoms with Crippen LogP contribution in [0.2, 0.25) is 18.5 Å². The molecule has 1 aliphatic rings. The first kappa shape index (κ1) is 17.7. The fourth-order valence-electron chi connectivity index (χ4n) is 2.48. The van der Waals surface area contributed by atoms with Crippen molar-refractivity contribution in [3.05, 3.63) is 39.4 Å². The Morgan fingerprint density at radius 3 is 2.18 bits per heavy atom. The maximum Gasteiger partial charge on any atom is -1.00 e. The van der Waals surface area contributed by atoms with E-state index in [0.29, 0.717) is 0 Å². The van der Waals surface area contributed by atoms with Gasteiger partial charge < -0.3 is 24.8 Å². The van der Waals surface area contributed by atoms with Gasteiger partial charge in [0.15, 0.2) is 0 Å². The largest absolute Gasteiger partial charge is 1.00 e. The van der Waals surface area contributed by atoms with Crippen molar-refractivity contribution in [2.75, 3.05) is 0 Å². The molecule has 0 nitrogen and oxygen atoms in total. The molecule has 1 aliphatic carbocycles. The van der Waals surface area contributed by atoms with Gasteiger partial charge >= 0.3 is 92.9 Å². The van der Waals surface area contributed by atoms with Crippen molar-refractivity contribution in [2.24, 2.45) is 0 Å². The van der Waals surface area contributed by atoms with Crippen LogP contribution in [0.25, 0.3) is 0 Å². The Bertz CT molecular complexity index is 448. The first-order valence-corrected chi connectivity index (χ1v) is 19.1. The zero-order valence-electron chi connectivity index (χ0n) is 10.9. The first-order valence-electron chi connectivity index (χ1n) is 5.71. The fraction of sp³-hybridized carbons (Fsp3) is 0.385. The van der Waals surface area contributed by atoms with Crippen LogP contribution in [0.5, 0.6) is 0 Å². The predicted molar refractivity (Wildman–Crippen MR) is 70.9 cm³/mol. The summed E-state index contributed by atoms with van der Waals surface area (Å²) < 4.78 is 13.8. The molecule has 1 heterocycles. The molecule has 0 amide bonds. The summed E-state index contributed by atoms with van der Waals surface area (Å²) >= 11 is -3.23. The van der Waals surface area contributed by atoms with Crippen molar-refractivity contribution in [3.63, 3.8) is 0 Å². The summed E-state index contributed by atoms with van der Waals surface area (Å²) in [5, 5.41) is 0. The van der Waals surface area contributed by atoms with Crippen molar-refractivity contribution >= 4 is 11.2 Å². The van der Waals surface area contributed by atoms with E-state index in [4.69, 9.17) is 0 Å². The molecule has 0 aliphatic heterocycles. The van der Waals surface area contributed by atoms with Gasteiger partial charge in [0.05, 0.1) is 0 Å². The molecule has 0 bridgehead atoms. The van der Waals surface area contributed by atoms with Gasteiger partial charge in [-0.25, -0.2) is 0 Å². The van der Waals surface area contributed by atoms with Gasteiger partial charge in [-0.05, 0) is 0 Å². The monoisotopic (exact) mass is 368 g/mol. The summed E-state index contributed by atoms with van der Waals surface area (Å²) in [6.45, 7) is 0. The second-order valence-corrected chi connectivity index (χ2v) is 38.0. The van der Waals surface area contributed by atoms with E-state index in [1.807, 2.05) is 0 Å². The maximum atomic E-state index is 2.58. The van der Waals surface area contributed by atoms with Gasteiger partial charge in [0, 0.05) is 0 Å². The van der Waals surface area contributed by atoms with Crippen LogP contribution in [-0.4, -0.2) is 0 Å². The van der Waals surface area contributed by atoms with Crippen molar-refractivity contribution in [1.29, 1.82) is 0 Å². The van der Waals surface area contributed by atoms with Crippen molar-refractivity contribution in [3.8, 4) is 0 Å². The molecule has 4 heteroatoms. The summed E-state index contributed by atoms with van der Waals surface area (Å²) in [6, 6.07) is 4.62. The normalized spacial score (nSPS) is 16.8. The van der Waals surface area contributed by atoms with Crippen LogP contribution >= 0.6 is 8.19 Å².